The number of aliphatic hydroxyl groups excluding tert-OH is 1. The molecule has 1 aromatic rings. The zero-order valence-corrected chi connectivity index (χ0v) is 12.6. The van der Waals surface area contributed by atoms with Crippen LogP contribution < -0.4 is 10.2 Å². The van der Waals surface area contributed by atoms with E-state index in [1.54, 1.807) is 0 Å². The lowest BCUT2D eigenvalue weighted by molar-refractivity contribution is 0.136. The van der Waals surface area contributed by atoms with Crippen LogP contribution in [-0.2, 0) is 0 Å². The molecule has 2 N–H and O–H groups in total. The first kappa shape index (κ1) is 13.6. The van der Waals surface area contributed by atoms with E-state index in [9.17, 15) is 5.11 Å². The molecule has 1 aliphatic heterocycles. The van der Waals surface area contributed by atoms with E-state index in [0.717, 1.165) is 42.5 Å². The molecule has 3 rings (SSSR count). The number of aliphatic hydroxyl groups is 1. The molecule has 20 heavy (non-hydrogen) atoms. The molecule has 0 spiro atoms. The van der Waals surface area contributed by atoms with Crippen LogP contribution in [0.2, 0.25) is 0 Å². The van der Waals surface area contributed by atoms with Crippen molar-refractivity contribution in [1.29, 1.82) is 0 Å². The summed E-state index contributed by atoms with van der Waals surface area (Å²) in [7, 11) is 1.92. The van der Waals surface area contributed by atoms with E-state index in [1.807, 2.05) is 14.0 Å². The second-order valence-corrected chi connectivity index (χ2v) is 6.14. The fourth-order valence-corrected chi connectivity index (χ4v) is 2.97. The molecule has 2 heterocycles. The Bertz CT molecular complexity index is 499. The van der Waals surface area contributed by atoms with Crippen molar-refractivity contribution < 1.29 is 5.11 Å². The van der Waals surface area contributed by atoms with Gasteiger partial charge >= 0.3 is 0 Å². The predicted molar refractivity (Wildman–Crippen MR) is 80.3 cm³/mol. The molecule has 0 aromatic carbocycles. The van der Waals surface area contributed by atoms with Gasteiger partial charge < -0.3 is 15.3 Å². The van der Waals surface area contributed by atoms with Gasteiger partial charge in [-0.25, -0.2) is 9.97 Å². The lowest BCUT2D eigenvalue weighted by Gasteiger charge is -2.22. The first-order valence-electron chi connectivity index (χ1n) is 7.59. The summed E-state index contributed by atoms with van der Waals surface area (Å²) in [5.41, 5.74) is 1.11. The Balaban J connectivity index is 1.90. The molecule has 0 amide bonds. The Morgan fingerprint density at radius 1 is 1.30 bits per heavy atom. The van der Waals surface area contributed by atoms with E-state index in [4.69, 9.17) is 4.98 Å². The second kappa shape index (κ2) is 5.20. The maximum atomic E-state index is 9.77. The van der Waals surface area contributed by atoms with Crippen LogP contribution >= 0.6 is 0 Å². The maximum Gasteiger partial charge on any atom is 0.137 e. The van der Waals surface area contributed by atoms with E-state index in [0.29, 0.717) is 11.8 Å². The lowest BCUT2D eigenvalue weighted by Crippen LogP contribution is -2.26. The van der Waals surface area contributed by atoms with Gasteiger partial charge in [-0.15, -0.1) is 0 Å². The van der Waals surface area contributed by atoms with E-state index in [1.165, 1.54) is 12.8 Å². The molecule has 1 aliphatic carbocycles. The predicted octanol–water partition coefficient (Wildman–Crippen LogP) is 1.91. The number of hydrogen-bond acceptors (Lipinski definition) is 5. The summed E-state index contributed by atoms with van der Waals surface area (Å²) >= 11 is 0. The third-order valence-electron chi connectivity index (χ3n) is 4.52. The zero-order chi connectivity index (χ0) is 14.3. The first-order valence-corrected chi connectivity index (χ1v) is 7.59. The van der Waals surface area contributed by atoms with Crippen LogP contribution in [0, 0.1) is 12.8 Å². The van der Waals surface area contributed by atoms with Gasteiger partial charge in [0.2, 0.25) is 0 Å². The molecule has 110 valence electrons. The Kier molecular flexibility index (Phi) is 3.54. The van der Waals surface area contributed by atoms with Crippen molar-refractivity contribution in [2.24, 2.45) is 5.92 Å². The fraction of sp³-hybridized carbons (Fsp3) is 0.733. The van der Waals surface area contributed by atoms with Gasteiger partial charge in [0.05, 0.1) is 6.10 Å². The molecular weight excluding hydrogens is 252 g/mol. The van der Waals surface area contributed by atoms with Crippen molar-refractivity contribution in [3.05, 3.63) is 11.4 Å². The smallest absolute Gasteiger partial charge is 0.137 e. The van der Waals surface area contributed by atoms with Crippen molar-refractivity contribution in [3.8, 4) is 0 Å². The normalized spacial score (nSPS) is 24.0. The van der Waals surface area contributed by atoms with Gasteiger partial charge in [0.25, 0.3) is 0 Å². The van der Waals surface area contributed by atoms with E-state index < -0.39 is 0 Å². The summed E-state index contributed by atoms with van der Waals surface area (Å²) in [5, 5.41) is 13.0. The molecule has 2 atom stereocenters. The molecular formula is C15H24N4O. The zero-order valence-electron chi connectivity index (χ0n) is 12.6. The molecule has 0 bridgehead atoms. The number of aromatic nitrogens is 2. The molecule has 0 radical (unpaired) electrons. The molecule has 1 saturated heterocycles. The second-order valence-electron chi connectivity index (χ2n) is 6.14. The Hall–Kier alpha value is -1.36. The highest BCUT2D eigenvalue weighted by molar-refractivity contribution is 5.59. The van der Waals surface area contributed by atoms with Crippen molar-refractivity contribution in [2.45, 2.75) is 45.1 Å². The highest BCUT2D eigenvalue weighted by Gasteiger charge is 2.32. The minimum Gasteiger partial charge on any atom is -0.393 e. The molecule has 2 aliphatic rings. The van der Waals surface area contributed by atoms with Gasteiger partial charge in [0.1, 0.15) is 17.5 Å². The minimum absolute atomic E-state index is 0.242. The van der Waals surface area contributed by atoms with Crippen LogP contribution in [0.25, 0.3) is 0 Å². The highest BCUT2D eigenvalue weighted by Crippen LogP contribution is 2.40. The summed E-state index contributed by atoms with van der Waals surface area (Å²) in [6.07, 6.45) is 3.22. The van der Waals surface area contributed by atoms with Crippen LogP contribution in [0.1, 0.15) is 43.5 Å². The largest absolute Gasteiger partial charge is 0.393 e. The summed E-state index contributed by atoms with van der Waals surface area (Å²) < 4.78 is 0. The topological polar surface area (TPSA) is 61.3 Å². The van der Waals surface area contributed by atoms with Gasteiger partial charge in [0.15, 0.2) is 0 Å². The van der Waals surface area contributed by atoms with Crippen molar-refractivity contribution >= 4 is 11.6 Å². The molecule has 1 aromatic heterocycles. The number of nitrogens with zero attached hydrogens (tertiary/aromatic N) is 3. The van der Waals surface area contributed by atoms with Gasteiger partial charge in [0, 0.05) is 37.5 Å². The Morgan fingerprint density at radius 3 is 2.60 bits per heavy atom. The highest BCUT2D eigenvalue weighted by atomic mass is 16.3. The average Bonchev–Trinajstić information content (AvgIpc) is 3.16. The van der Waals surface area contributed by atoms with E-state index >= 15 is 0 Å². The quantitative estimate of drug-likeness (QED) is 0.879. The monoisotopic (exact) mass is 276 g/mol. The number of nitrogens with one attached hydrogen (secondary N) is 1. The SMILES string of the molecule is CNc1nc(C2CC2)nc(N2CCC(C(C)O)C2)c1C. The van der Waals surface area contributed by atoms with E-state index in [-0.39, 0.29) is 6.10 Å². The van der Waals surface area contributed by atoms with Crippen LogP contribution in [0.4, 0.5) is 11.6 Å². The Labute approximate surface area is 120 Å². The summed E-state index contributed by atoms with van der Waals surface area (Å²) in [6.45, 7) is 5.83. The van der Waals surface area contributed by atoms with Crippen LogP contribution in [0.15, 0.2) is 0 Å². The third-order valence-corrected chi connectivity index (χ3v) is 4.52. The average molecular weight is 276 g/mol. The molecule has 1 saturated carbocycles. The van der Waals surface area contributed by atoms with Crippen molar-refractivity contribution in [3.63, 3.8) is 0 Å². The summed E-state index contributed by atoms with van der Waals surface area (Å²) in [4.78, 5) is 11.8. The molecule has 2 fully saturated rings. The van der Waals surface area contributed by atoms with Crippen LogP contribution in [-0.4, -0.2) is 41.3 Å². The summed E-state index contributed by atoms with van der Waals surface area (Å²) in [6, 6.07) is 0. The van der Waals surface area contributed by atoms with E-state index in [2.05, 4.69) is 22.1 Å². The number of rotatable bonds is 4. The van der Waals surface area contributed by atoms with Gasteiger partial charge in [-0.05, 0) is 33.1 Å². The first-order chi connectivity index (χ1) is 9.60. The molecule has 5 nitrogen and oxygen atoms in total. The maximum absolute atomic E-state index is 9.77. The van der Waals surface area contributed by atoms with Gasteiger partial charge in [-0.1, -0.05) is 0 Å². The molecule has 5 heteroatoms. The minimum atomic E-state index is -0.242. The van der Waals surface area contributed by atoms with Gasteiger partial charge in [-0.2, -0.15) is 0 Å². The summed E-state index contributed by atoms with van der Waals surface area (Å²) in [5.74, 6) is 3.88. The third kappa shape index (κ3) is 2.46. The van der Waals surface area contributed by atoms with Gasteiger partial charge in [-0.3, -0.25) is 0 Å². The number of hydrogen-bond donors (Lipinski definition) is 2. The number of anilines is 2. The van der Waals surface area contributed by atoms with Crippen molar-refractivity contribution in [2.75, 3.05) is 30.4 Å². The fourth-order valence-electron chi connectivity index (χ4n) is 2.97. The van der Waals surface area contributed by atoms with Crippen LogP contribution in [0.3, 0.4) is 0 Å². The molecule has 2 unspecified atom stereocenters. The lowest BCUT2D eigenvalue weighted by atomic mass is 10.0. The Morgan fingerprint density at radius 2 is 2.05 bits per heavy atom. The van der Waals surface area contributed by atoms with Crippen molar-refractivity contribution in [1.82, 2.24) is 9.97 Å². The standard InChI is InChI=1S/C15H24N4O/c1-9-13(16-3)17-14(11-4-5-11)18-15(9)19-7-6-12(8-19)10(2)20/h10-12,20H,4-8H2,1-3H3,(H,16,17,18). The van der Waals surface area contributed by atoms with Crippen LogP contribution in [0.5, 0.6) is 0 Å².